The van der Waals surface area contributed by atoms with Gasteiger partial charge in [0.2, 0.25) is 0 Å². The van der Waals surface area contributed by atoms with Crippen LogP contribution in [0.25, 0.3) is 0 Å². The minimum atomic E-state index is -0.159. The van der Waals surface area contributed by atoms with Gasteiger partial charge in [-0.25, -0.2) is 4.39 Å². The van der Waals surface area contributed by atoms with Crippen LogP contribution in [0.5, 0.6) is 0 Å². The number of hydrogen-bond acceptors (Lipinski definition) is 2. The highest BCUT2D eigenvalue weighted by atomic mass is 19.1. The summed E-state index contributed by atoms with van der Waals surface area (Å²) in [6.45, 7) is 5.82. The molecule has 2 nitrogen and oxygen atoms in total. The van der Waals surface area contributed by atoms with Crippen LogP contribution in [0.15, 0.2) is 54.6 Å². The summed E-state index contributed by atoms with van der Waals surface area (Å²) in [7, 11) is 0. The maximum Gasteiger partial charge on any atom is 0.123 e. The lowest BCUT2D eigenvalue weighted by Crippen LogP contribution is -2.62. The second-order valence-corrected chi connectivity index (χ2v) is 9.19. The summed E-state index contributed by atoms with van der Waals surface area (Å²) >= 11 is 0. The van der Waals surface area contributed by atoms with Gasteiger partial charge in [0.1, 0.15) is 5.82 Å². The van der Waals surface area contributed by atoms with Gasteiger partial charge < -0.3 is 5.73 Å². The molecule has 4 unspecified atom stereocenters. The summed E-state index contributed by atoms with van der Waals surface area (Å²) in [4.78, 5) is 2.74. The van der Waals surface area contributed by atoms with Crippen LogP contribution in [0, 0.1) is 17.7 Å². The third-order valence-electron chi connectivity index (χ3n) is 7.73. The van der Waals surface area contributed by atoms with Gasteiger partial charge in [-0.1, -0.05) is 37.3 Å². The molecule has 2 bridgehead atoms. The summed E-state index contributed by atoms with van der Waals surface area (Å²) in [5.41, 5.74) is 11.2. The Morgan fingerprint density at radius 2 is 1.96 bits per heavy atom. The lowest BCUT2D eigenvalue weighted by atomic mass is 9.54. The highest BCUT2D eigenvalue weighted by Crippen LogP contribution is 2.53. The zero-order chi connectivity index (χ0) is 19.5. The van der Waals surface area contributed by atoms with Gasteiger partial charge in [-0.2, -0.15) is 0 Å². The largest absolute Gasteiger partial charge is 0.399 e. The lowest BCUT2D eigenvalue weighted by Gasteiger charge is -2.59. The zero-order valence-corrected chi connectivity index (χ0v) is 16.7. The van der Waals surface area contributed by atoms with Crippen molar-refractivity contribution < 1.29 is 4.39 Å². The first kappa shape index (κ1) is 17.9. The molecule has 1 saturated heterocycles. The van der Waals surface area contributed by atoms with E-state index in [0.29, 0.717) is 23.9 Å². The van der Waals surface area contributed by atoms with Crippen LogP contribution in [-0.4, -0.2) is 23.5 Å². The number of likely N-dealkylation sites (tertiary alicyclic amines) is 1. The van der Waals surface area contributed by atoms with Crippen molar-refractivity contribution in [3.63, 3.8) is 0 Å². The van der Waals surface area contributed by atoms with Crippen LogP contribution in [0.1, 0.15) is 37.0 Å². The number of halogens is 1. The van der Waals surface area contributed by atoms with Gasteiger partial charge in [0.25, 0.3) is 0 Å². The maximum absolute atomic E-state index is 13.3. The second-order valence-electron chi connectivity index (χ2n) is 9.19. The molecule has 28 heavy (non-hydrogen) atoms. The molecule has 0 amide bonds. The van der Waals surface area contributed by atoms with Crippen LogP contribution < -0.4 is 5.73 Å². The molecular weight excluding hydrogens is 347 g/mol. The maximum atomic E-state index is 13.3. The summed E-state index contributed by atoms with van der Waals surface area (Å²) in [6, 6.07) is 14.6. The smallest absolute Gasteiger partial charge is 0.123 e. The van der Waals surface area contributed by atoms with E-state index in [2.05, 4.69) is 43.0 Å². The van der Waals surface area contributed by atoms with Crippen LogP contribution >= 0.6 is 0 Å². The molecule has 3 aliphatic rings. The van der Waals surface area contributed by atoms with E-state index in [4.69, 9.17) is 5.73 Å². The molecule has 2 aromatic carbocycles. The second kappa shape index (κ2) is 6.45. The Hall–Kier alpha value is -2.13. The Kier molecular flexibility index (Phi) is 4.13. The van der Waals surface area contributed by atoms with Crippen molar-refractivity contribution in [3.05, 3.63) is 77.1 Å². The van der Waals surface area contributed by atoms with E-state index in [-0.39, 0.29) is 11.2 Å². The summed E-state index contributed by atoms with van der Waals surface area (Å²) in [5.74, 6) is 1.08. The number of benzene rings is 2. The number of rotatable bonds is 3. The van der Waals surface area contributed by atoms with Crippen LogP contribution in [0.3, 0.4) is 0 Å². The molecule has 146 valence electrons. The zero-order valence-electron chi connectivity index (χ0n) is 16.7. The molecule has 3 heteroatoms. The topological polar surface area (TPSA) is 29.3 Å². The number of fused-ring (bicyclic) bond motifs is 3. The molecule has 1 aliphatic heterocycles. The summed E-state index contributed by atoms with van der Waals surface area (Å²) in [6.07, 6.45) is 8.27. The van der Waals surface area contributed by atoms with Crippen molar-refractivity contribution in [1.82, 2.24) is 4.90 Å². The Morgan fingerprint density at radius 1 is 1.18 bits per heavy atom. The minimum absolute atomic E-state index is 0.0679. The van der Waals surface area contributed by atoms with E-state index in [0.717, 1.165) is 25.1 Å². The molecule has 1 fully saturated rings. The lowest BCUT2D eigenvalue weighted by molar-refractivity contribution is -0.0140. The fraction of sp³-hybridized carbons (Fsp3) is 0.440. The first-order valence-electron chi connectivity index (χ1n) is 10.5. The highest BCUT2D eigenvalue weighted by molar-refractivity contribution is 5.52. The fourth-order valence-electron chi connectivity index (χ4n) is 6.08. The Labute approximate surface area is 167 Å². The van der Waals surface area contributed by atoms with Gasteiger partial charge in [0.15, 0.2) is 0 Å². The minimum Gasteiger partial charge on any atom is -0.399 e. The standard InChI is InChI=1S/C25H29FN2/c1-16-18-9-11-25(2)22-15-21(27)8-5-19(22)14-24(23(25)13-18)28(16)12-10-17-3-6-20(26)7-4-17/h3-9,11,15-16,18,23-24H,10,12-14,27H2,1-2H3/t16?,18?,23?,24?,25-/m0/s1. The first-order valence-corrected chi connectivity index (χ1v) is 10.5. The van der Waals surface area contributed by atoms with Gasteiger partial charge in [0, 0.05) is 29.7 Å². The Bertz CT molecular complexity index is 919. The quantitative estimate of drug-likeness (QED) is 0.620. The van der Waals surface area contributed by atoms with Gasteiger partial charge in [-0.05, 0) is 79.0 Å². The van der Waals surface area contributed by atoms with E-state index in [1.54, 1.807) is 12.1 Å². The van der Waals surface area contributed by atoms with Crippen molar-refractivity contribution in [3.8, 4) is 0 Å². The molecule has 2 N–H and O–H groups in total. The van der Waals surface area contributed by atoms with Crippen molar-refractivity contribution in [2.24, 2.45) is 11.8 Å². The van der Waals surface area contributed by atoms with Gasteiger partial charge in [-0.15, -0.1) is 0 Å². The summed E-state index contributed by atoms with van der Waals surface area (Å²) in [5, 5.41) is 0. The number of nitrogens with two attached hydrogens (primary N) is 1. The molecule has 0 saturated carbocycles. The molecule has 0 radical (unpaired) electrons. The third-order valence-corrected chi connectivity index (χ3v) is 7.73. The van der Waals surface area contributed by atoms with Gasteiger partial charge >= 0.3 is 0 Å². The average Bonchev–Trinajstić information content (AvgIpc) is 2.69. The predicted octanol–water partition coefficient (Wildman–Crippen LogP) is 4.73. The summed E-state index contributed by atoms with van der Waals surface area (Å²) < 4.78 is 13.3. The highest BCUT2D eigenvalue weighted by Gasteiger charge is 2.52. The molecule has 0 aromatic heterocycles. The number of nitrogen functional groups attached to an aromatic ring is 1. The number of nitrogens with zero attached hydrogens (tertiary/aromatic N) is 1. The molecule has 1 heterocycles. The normalized spacial score (nSPS) is 33.5. The van der Waals surface area contributed by atoms with E-state index < -0.39 is 0 Å². The molecule has 2 aliphatic carbocycles. The van der Waals surface area contributed by atoms with Gasteiger partial charge in [-0.3, -0.25) is 4.90 Å². The Morgan fingerprint density at radius 3 is 2.75 bits per heavy atom. The number of hydrogen-bond donors (Lipinski definition) is 1. The molecular formula is C25H29FN2. The van der Waals surface area contributed by atoms with Crippen LogP contribution in [-0.2, 0) is 18.3 Å². The van der Waals surface area contributed by atoms with E-state index in [9.17, 15) is 4.39 Å². The van der Waals surface area contributed by atoms with E-state index in [1.165, 1.54) is 23.1 Å². The SMILES string of the molecule is CC1C2C=C[C@@]3(C)c4cc(N)ccc4CC(C3C2)N1CCc1ccc(F)cc1. The van der Waals surface area contributed by atoms with Crippen LogP contribution in [0.2, 0.25) is 0 Å². The van der Waals surface area contributed by atoms with Gasteiger partial charge in [0.05, 0.1) is 0 Å². The van der Waals surface area contributed by atoms with Crippen LogP contribution in [0.4, 0.5) is 10.1 Å². The molecule has 5 atom stereocenters. The average molecular weight is 377 g/mol. The first-order chi connectivity index (χ1) is 13.5. The monoisotopic (exact) mass is 376 g/mol. The van der Waals surface area contributed by atoms with E-state index in [1.807, 2.05) is 18.2 Å². The fourth-order valence-corrected chi connectivity index (χ4v) is 6.08. The van der Waals surface area contributed by atoms with Crippen molar-refractivity contribution in [2.45, 2.75) is 50.6 Å². The molecule has 0 spiro atoms. The number of anilines is 1. The Balaban J connectivity index is 1.49. The molecule has 2 aromatic rings. The third kappa shape index (κ3) is 2.71. The van der Waals surface area contributed by atoms with E-state index >= 15 is 0 Å². The number of piperidine rings is 1. The molecule has 5 rings (SSSR count). The van der Waals surface area contributed by atoms with Crippen molar-refractivity contribution in [2.75, 3.05) is 12.3 Å². The predicted molar refractivity (Wildman–Crippen MR) is 113 cm³/mol. The van der Waals surface area contributed by atoms with Crippen molar-refractivity contribution >= 4 is 5.69 Å². The number of allylic oxidation sites excluding steroid dienone is 1. The van der Waals surface area contributed by atoms with Crippen molar-refractivity contribution in [1.29, 1.82) is 0 Å².